The number of nitrogens with zero attached hydrogens (tertiary/aromatic N) is 1. The Kier molecular flexibility index (Phi) is 5.76. The molecule has 4 rings (SSSR count). The smallest absolute Gasteiger partial charge is 0.231 e. The Labute approximate surface area is 166 Å². The average Bonchev–Trinajstić information content (AvgIpc) is 3.22. The quantitative estimate of drug-likeness (QED) is 0.791. The van der Waals surface area contributed by atoms with Crippen molar-refractivity contribution in [2.45, 2.75) is 25.3 Å². The van der Waals surface area contributed by atoms with Gasteiger partial charge in [-0.1, -0.05) is 6.07 Å². The SMILES string of the molecule is COc1ccc(CCNC2CCN(c3ccc4c(c3)OCO4)CC2)cc1OC. The van der Waals surface area contributed by atoms with Crippen LogP contribution < -0.4 is 29.2 Å². The van der Waals surface area contributed by atoms with E-state index in [1.807, 2.05) is 12.1 Å². The van der Waals surface area contributed by atoms with Gasteiger partial charge in [-0.3, -0.25) is 0 Å². The number of anilines is 1. The second kappa shape index (κ2) is 8.61. The highest BCUT2D eigenvalue weighted by atomic mass is 16.7. The van der Waals surface area contributed by atoms with Gasteiger partial charge in [0.2, 0.25) is 6.79 Å². The van der Waals surface area contributed by atoms with Crippen LogP contribution in [0.5, 0.6) is 23.0 Å². The number of hydrogen-bond donors (Lipinski definition) is 1. The van der Waals surface area contributed by atoms with Crippen LogP contribution in [0.1, 0.15) is 18.4 Å². The summed E-state index contributed by atoms with van der Waals surface area (Å²) in [7, 11) is 3.34. The average molecular weight is 384 g/mol. The van der Waals surface area contributed by atoms with Crippen molar-refractivity contribution >= 4 is 5.69 Å². The van der Waals surface area contributed by atoms with Gasteiger partial charge in [-0.25, -0.2) is 0 Å². The molecule has 0 spiro atoms. The van der Waals surface area contributed by atoms with Gasteiger partial charge in [0.1, 0.15) is 0 Å². The number of nitrogens with one attached hydrogen (secondary N) is 1. The summed E-state index contributed by atoms with van der Waals surface area (Å²) < 4.78 is 21.6. The standard InChI is InChI=1S/C22H28N2O4/c1-25-19-5-3-16(13-21(19)26-2)7-10-23-17-8-11-24(12-9-17)18-4-6-20-22(14-18)28-15-27-20/h3-6,13-14,17,23H,7-12,15H2,1-2H3. The van der Waals surface area contributed by atoms with E-state index in [1.165, 1.54) is 11.3 Å². The minimum Gasteiger partial charge on any atom is -0.493 e. The van der Waals surface area contributed by atoms with Crippen molar-refractivity contribution in [3.05, 3.63) is 42.0 Å². The zero-order valence-electron chi connectivity index (χ0n) is 16.6. The first-order valence-corrected chi connectivity index (χ1v) is 9.85. The molecule has 6 nitrogen and oxygen atoms in total. The molecule has 1 N–H and O–H groups in total. The monoisotopic (exact) mass is 384 g/mol. The molecular formula is C22H28N2O4. The van der Waals surface area contributed by atoms with Gasteiger partial charge in [-0.05, 0) is 55.6 Å². The molecule has 2 aliphatic heterocycles. The fourth-order valence-corrected chi connectivity index (χ4v) is 3.88. The molecule has 1 fully saturated rings. The minimum absolute atomic E-state index is 0.324. The molecule has 0 unspecified atom stereocenters. The first-order valence-electron chi connectivity index (χ1n) is 9.85. The second-order valence-electron chi connectivity index (χ2n) is 7.19. The Hall–Kier alpha value is -2.60. The molecule has 0 radical (unpaired) electrons. The van der Waals surface area contributed by atoms with Crippen LogP contribution in [0.2, 0.25) is 0 Å². The molecular weight excluding hydrogens is 356 g/mol. The summed E-state index contributed by atoms with van der Waals surface area (Å²) >= 11 is 0. The Morgan fingerprint density at radius 2 is 1.75 bits per heavy atom. The van der Waals surface area contributed by atoms with E-state index >= 15 is 0 Å². The number of fused-ring (bicyclic) bond motifs is 1. The second-order valence-corrected chi connectivity index (χ2v) is 7.19. The lowest BCUT2D eigenvalue weighted by Crippen LogP contribution is -2.43. The Balaban J connectivity index is 1.24. The van der Waals surface area contributed by atoms with E-state index in [9.17, 15) is 0 Å². The fourth-order valence-electron chi connectivity index (χ4n) is 3.88. The molecule has 150 valence electrons. The molecule has 0 saturated carbocycles. The van der Waals surface area contributed by atoms with E-state index in [0.29, 0.717) is 12.8 Å². The van der Waals surface area contributed by atoms with Crippen molar-refractivity contribution < 1.29 is 18.9 Å². The third kappa shape index (κ3) is 4.12. The maximum Gasteiger partial charge on any atom is 0.231 e. The van der Waals surface area contributed by atoms with Gasteiger partial charge < -0.3 is 29.2 Å². The highest BCUT2D eigenvalue weighted by molar-refractivity contribution is 5.57. The lowest BCUT2D eigenvalue weighted by molar-refractivity contribution is 0.174. The van der Waals surface area contributed by atoms with E-state index in [4.69, 9.17) is 18.9 Å². The van der Waals surface area contributed by atoms with Gasteiger partial charge in [0.05, 0.1) is 14.2 Å². The summed E-state index contributed by atoms with van der Waals surface area (Å²) in [4.78, 5) is 2.43. The summed E-state index contributed by atoms with van der Waals surface area (Å²) in [5, 5.41) is 3.71. The van der Waals surface area contributed by atoms with Crippen LogP contribution in [0.25, 0.3) is 0 Å². The van der Waals surface area contributed by atoms with Crippen LogP contribution in [0, 0.1) is 0 Å². The van der Waals surface area contributed by atoms with E-state index < -0.39 is 0 Å². The van der Waals surface area contributed by atoms with Crippen LogP contribution >= 0.6 is 0 Å². The predicted molar refractivity (Wildman–Crippen MR) is 109 cm³/mol. The van der Waals surface area contributed by atoms with Gasteiger partial charge in [-0.2, -0.15) is 0 Å². The van der Waals surface area contributed by atoms with Crippen LogP contribution in [-0.4, -0.2) is 46.7 Å². The Morgan fingerprint density at radius 3 is 2.54 bits per heavy atom. The Bertz CT molecular complexity index is 803. The highest BCUT2D eigenvalue weighted by Crippen LogP contribution is 2.36. The van der Waals surface area contributed by atoms with Crippen LogP contribution in [0.3, 0.4) is 0 Å². The zero-order valence-corrected chi connectivity index (χ0v) is 16.6. The molecule has 0 bridgehead atoms. The number of ether oxygens (including phenoxy) is 4. The van der Waals surface area contributed by atoms with E-state index in [-0.39, 0.29) is 0 Å². The summed E-state index contributed by atoms with van der Waals surface area (Å²) in [6, 6.07) is 12.9. The number of methoxy groups -OCH3 is 2. The molecule has 2 aromatic rings. The summed E-state index contributed by atoms with van der Waals surface area (Å²) in [6.07, 6.45) is 3.25. The van der Waals surface area contributed by atoms with Crippen molar-refractivity contribution in [2.75, 3.05) is 45.5 Å². The van der Waals surface area contributed by atoms with Crippen molar-refractivity contribution in [3.8, 4) is 23.0 Å². The van der Waals surface area contributed by atoms with Crippen LogP contribution in [0.15, 0.2) is 36.4 Å². The van der Waals surface area contributed by atoms with Gasteiger partial charge in [0.25, 0.3) is 0 Å². The molecule has 1 saturated heterocycles. The third-order valence-electron chi connectivity index (χ3n) is 5.51. The molecule has 0 aliphatic carbocycles. The molecule has 28 heavy (non-hydrogen) atoms. The maximum atomic E-state index is 5.50. The first-order chi connectivity index (χ1) is 13.8. The van der Waals surface area contributed by atoms with E-state index in [0.717, 1.165) is 61.9 Å². The van der Waals surface area contributed by atoms with Crippen molar-refractivity contribution in [3.63, 3.8) is 0 Å². The normalized spacial score (nSPS) is 16.3. The molecule has 0 atom stereocenters. The van der Waals surface area contributed by atoms with Crippen molar-refractivity contribution in [1.82, 2.24) is 5.32 Å². The molecule has 6 heteroatoms. The van der Waals surface area contributed by atoms with Crippen LogP contribution in [-0.2, 0) is 6.42 Å². The van der Waals surface area contributed by atoms with E-state index in [1.54, 1.807) is 14.2 Å². The van der Waals surface area contributed by atoms with Gasteiger partial charge in [0.15, 0.2) is 23.0 Å². The number of piperidine rings is 1. The predicted octanol–water partition coefficient (Wildman–Crippen LogP) is 3.23. The third-order valence-corrected chi connectivity index (χ3v) is 5.51. The first kappa shape index (κ1) is 18.7. The number of hydrogen-bond acceptors (Lipinski definition) is 6. The lowest BCUT2D eigenvalue weighted by atomic mass is 10.0. The number of rotatable bonds is 7. The highest BCUT2D eigenvalue weighted by Gasteiger charge is 2.21. The molecule has 0 aromatic heterocycles. The lowest BCUT2D eigenvalue weighted by Gasteiger charge is -2.34. The molecule has 0 amide bonds. The van der Waals surface area contributed by atoms with Gasteiger partial charge in [-0.15, -0.1) is 0 Å². The fraction of sp³-hybridized carbons (Fsp3) is 0.455. The van der Waals surface area contributed by atoms with Gasteiger partial charge in [0, 0.05) is 30.9 Å². The molecule has 2 heterocycles. The maximum absolute atomic E-state index is 5.50. The van der Waals surface area contributed by atoms with Crippen molar-refractivity contribution in [1.29, 1.82) is 0 Å². The van der Waals surface area contributed by atoms with E-state index in [2.05, 4.69) is 34.5 Å². The number of benzene rings is 2. The summed E-state index contributed by atoms with van der Waals surface area (Å²) in [5.41, 5.74) is 2.47. The summed E-state index contributed by atoms with van der Waals surface area (Å²) in [6.45, 7) is 3.39. The van der Waals surface area contributed by atoms with Crippen LogP contribution in [0.4, 0.5) is 5.69 Å². The largest absolute Gasteiger partial charge is 0.493 e. The Morgan fingerprint density at radius 1 is 0.964 bits per heavy atom. The summed E-state index contributed by atoms with van der Waals surface area (Å²) in [5.74, 6) is 3.26. The molecule has 2 aromatic carbocycles. The minimum atomic E-state index is 0.324. The molecule has 2 aliphatic rings. The van der Waals surface area contributed by atoms with Gasteiger partial charge >= 0.3 is 0 Å². The van der Waals surface area contributed by atoms with Crippen molar-refractivity contribution in [2.24, 2.45) is 0 Å². The topological polar surface area (TPSA) is 52.2 Å². The zero-order chi connectivity index (χ0) is 19.3.